The zero-order valence-electron chi connectivity index (χ0n) is 16.9. The summed E-state index contributed by atoms with van der Waals surface area (Å²) in [6.07, 6.45) is 2.72. The summed E-state index contributed by atoms with van der Waals surface area (Å²) in [7, 11) is 5.27. The number of rotatable bonds is 8. The molecule has 3 N–H and O–H groups in total. The van der Waals surface area contributed by atoms with Crippen LogP contribution in [0, 0.1) is 0 Å². The molecule has 0 aliphatic carbocycles. The largest absolute Gasteiger partial charge is 0.508 e. The summed E-state index contributed by atoms with van der Waals surface area (Å²) in [6, 6.07) is 15.0. The first-order chi connectivity index (χ1) is 13.5. The minimum atomic E-state index is 0.0147. The molecule has 0 spiro atoms. The van der Waals surface area contributed by atoms with Crippen LogP contribution in [0.2, 0.25) is 0 Å². The molecule has 2 rings (SSSR count). The Labute approximate surface area is 167 Å². The van der Waals surface area contributed by atoms with Crippen molar-refractivity contribution in [3.63, 3.8) is 0 Å². The van der Waals surface area contributed by atoms with E-state index in [4.69, 9.17) is 0 Å². The molecule has 0 aliphatic heterocycles. The quantitative estimate of drug-likeness (QED) is 0.372. The summed E-state index contributed by atoms with van der Waals surface area (Å²) in [5.41, 5.74) is 3.02. The molecule has 0 atom stereocenters. The Hall–Kier alpha value is -3.02. The van der Waals surface area contributed by atoms with Gasteiger partial charge in [0.25, 0.3) is 5.91 Å². The normalized spacial score (nSPS) is 11.2. The minimum Gasteiger partial charge on any atom is -0.508 e. The van der Waals surface area contributed by atoms with Gasteiger partial charge in [0, 0.05) is 39.8 Å². The summed E-state index contributed by atoms with van der Waals surface area (Å²) in [5.74, 6) is 1.08. The van der Waals surface area contributed by atoms with Gasteiger partial charge in [0.05, 0.1) is 0 Å². The summed E-state index contributed by atoms with van der Waals surface area (Å²) in [4.78, 5) is 17.9. The molecule has 6 nitrogen and oxygen atoms in total. The molecule has 2 aromatic carbocycles. The fourth-order valence-electron chi connectivity index (χ4n) is 2.83. The van der Waals surface area contributed by atoms with E-state index in [9.17, 15) is 9.90 Å². The highest BCUT2D eigenvalue weighted by Gasteiger charge is 2.08. The van der Waals surface area contributed by atoms with Crippen molar-refractivity contribution in [2.75, 3.05) is 34.2 Å². The van der Waals surface area contributed by atoms with E-state index in [0.29, 0.717) is 11.3 Å². The number of benzene rings is 2. The Morgan fingerprint density at radius 3 is 2.39 bits per heavy atom. The van der Waals surface area contributed by atoms with E-state index in [0.717, 1.165) is 43.9 Å². The lowest BCUT2D eigenvalue weighted by Crippen LogP contribution is -2.38. The molecule has 0 aromatic heterocycles. The van der Waals surface area contributed by atoms with E-state index in [2.05, 4.69) is 15.6 Å². The molecule has 28 heavy (non-hydrogen) atoms. The predicted octanol–water partition coefficient (Wildman–Crippen LogP) is 2.43. The smallest absolute Gasteiger partial charge is 0.253 e. The van der Waals surface area contributed by atoms with Gasteiger partial charge < -0.3 is 20.6 Å². The van der Waals surface area contributed by atoms with Gasteiger partial charge in [-0.1, -0.05) is 24.3 Å². The fourth-order valence-corrected chi connectivity index (χ4v) is 2.83. The highest BCUT2D eigenvalue weighted by atomic mass is 16.3. The van der Waals surface area contributed by atoms with Crippen molar-refractivity contribution in [1.29, 1.82) is 0 Å². The molecule has 0 saturated heterocycles. The second-order valence-corrected chi connectivity index (χ2v) is 6.85. The number of carbonyl (C=O) groups is 1. The molecule has 2 aromatic rings. The van der Waals surface area contributed by atoms with Gasteiger partial charge in [0.15, 0.2) is 5.96 Å². The van der Waals surface area contributed by atoms with Crippen LogP contribution in [0.25, 0.3) is 0 Å². The summed E-state index contributed by atoms with van der Waals surface area (Å²) in [6.45, 7) is 1.55. The van der Waals surface area contributed by atoms with Crippen molar-refractivity contribution in [3.8, 4) is 5.75 Å². The predicted molar refractivity (Wildman–Crippen MR) is 114 cm³/mol. The maximum absolute atomic E-state index is 12.1. The van der Waals surface area contributed by atoms with Crippen LogP contribution in [0.15, 0.2) is 53.5 Å². The van der Waals surface area contributed by atoms with Crippen LogP contribution in [-0.4, -0.2) is 56.1 Å². The van der Waals surface area contributed by atoms with E-state index in [1.807, 2.05) is 36.4 Å². The van der Waals surface area contributed by atoms with Gasteiger partial charge in [-0.25, -0.2) is 0 Å². The van der Waals surface area contributed by atoms with Crippen molar-refractivity contribution >= 4 is 11.9 Å². The van der Waals surface area contributed by atoms with Crippen LogP contribution in [0.4, 0.5) is 0 Å². The van der Waals surface area contributed by atoms with E-state index in [1.54, 1.807) is 38.2 Å². The lowest BCUT2D eigenvalue weighted by Gasteiger charge is -2.13. The van der Waals surface area contributed by atoms with Gasteiger partial charge in [0.1, 0.15) is 5.75 Å². The lowest BCUT2D eigenvalue weighted by molar-refractivity contribution is 0.0827. The molecule has 0 heterocycles. The summed E-state index contributed by atoms with van der Waals surface area (Å²) < 4.78 is 0. The van der Waals surface area contributed by atoms with Crippen molar-refractivity contribution in [3.05, 3.63) is 65.2 Å². The van der Waals surface area contributed by atoms with Crippen molar-refractivity contribution < 1.29 is 9.90 Å². The second kappa shape index (κ2) is 11.0. The van der Waals surface area contributed by atoms with E-state index < -0.39 is 0 Å². The highest BCUT2D eigenvalue weighted by Crippen LogP contribution is 2.11. The monoisotopic (exact) mass is 382 g/mol. The average molecular weight is 383 g/mol. The van der Waals surface area contributed by atoms with E-state index in [-0.39, 0.29) is 5.91 Å². The lowest BCUT2D eigenvalue weighted by atomic mass is 10.1. The first kappa shape index (κ1) is 21.3. The molecule has 0 radical (unpaired) electrons. The third kappa shape index (κ3) is 6.95. The zero-order valence-corrected chi connectivity index (χ0v) is 16.9. The molecule has 0 saturated carbocycles. The number of phenolic OH excluding ortho intramolecular Hbond substituents is 1. The number of amides is 1. The Morgan fingerprint density at radius 1 is 1.00 bits per heavy atom. The molecular weight excluding hydrogens is 352 g/mol. The number of hydrogen-bond donors (Lipinski definition) is 3. The molecule has 1 amide bonds. The standard InChI is InChI=1S/C22H30N4O2/c1-23-22(24-14-5-7-17-9-11-20(27)12-10-17)25-15-13-18-6-4-8-19(16-18)21(28)26(2)3/h4,6,8-12,16,27H,5,7,13-15H2,1-3H3,(H2,23,24,25). The number of phenols is 1. The molecule has 150 valence electrons. The Bertz CT molecular complexity index is 785. The van der Waals surface area contributed by atoms with E-state index in [1.165, 1.54) is 5.56 Å². The zero-order chi connectivity index (χ0) is 20.4. The van der Waals surface area contributed by atoms with Gasteiger partial charge in [-0.15, -0.1) is 0 Å². The number of aryl methyl sites for hydroxylation is 1. The van der Waals surface area contributed by atoms with Gasteiger partial charge in [-0.2, -0.15) is 0 Å². The topological polar surface area (TPSA) is 77.0 Å². The van der Waals surface area contributed by atoms with Crippen LogP contribution in [0.1, 0.15) is 27.9 Å². The third-order valence-electron chi connectivity index (χ3n) is 4.38. The van der Waals surface area contributed by atoms with Crippen LogP contribution >= 0.6 is 0 Å². The summed E-state index contributed by atoms with van der Waals surface area (Å²) >= 11 is 0. The molecule has 0 bridgehead atoms. The Kier molecular flexibility index (Phi) is 8.34. The minimum absolute atomic E-state index is 0.0147. The number of aliphatic imine (C=N–C) groups is 1. The number of nitrogens with zero attached hydrogens (tertiary/aromatic N) is 2. The van der Waals surface area contributed by atoms with Crippen LogP contribution < -0.4 is 10.6 Å². The maximum atomic E-state index is 12.1. The van der Waals surface area contributed by atoms with Gasteiger partial charge in [0.2, 0.25) is 0 Å². The van der Waals surface area contributed by atoms with Crippen molar-refractivity contribution in [1.82, 2.24) is 15.5 Å². The maximum Gasteiger partial charge on any atom is 0.253 e. The molecule has 0 aliphatic rings. The Balaban J connectivity index is 1.71. The highest BCUT2D eigenvalue weighted by molar-refractivity contribution is 5.94. The van der Waals surface area contributed by atoms with Crippen LogP contribution in [-0.2, 0) is 12.8 Å². The third-order valence-corrected chi connectivity index (χ3v) is 4.38. The van der Waals surface area contributed by atoms with Crippen LogP contribution in [0.5, 0.6) is 5.75 Å². The van der Waals surface area contributed by atoms with E-state index >= 15 is 0 Å². The molecule has 0 fully saturated rings. The number of hydrogen-bond acceptors (Lipinski definition) is 3. The van der Waals surface area contributed by atoms with Crippen molar-refractivity contribution in [2.24, 2.45) is 4.99 Å². The summed E-state index contributed by atoms with van der Waals surface area (Å²) in [5, 5.41) is 15.9. The molecular formula is C22H30N4O2. The number of nitrogens with one attached hydrogen (secondary N) is 2. The SMILES string of the molecule is CN=C(NCCCc1ccc(O)cc1)NCCc1cccc(C(=O)N(C)C)c1. The molecule has 6 heteroatoms. The number of carbonyl (C=O) groups excluding carboxylic acids is 1. The number of aromatic hydroxyl groups is 1. The Morgan fingerprint density at radius 2 is 1.71 bits per heavy atom. The van der Waals surface area contributed by atoms with Crippen molar-refractivity contribution in [2.45, 2.75) is 19.3 Å². The van der Waals surface area contributed by atoms with Gasteiger partial charge in [-0.05, 0) is 54.7 Å². The van der Waals surface area contributed by atoms with Gasteiger partial charge >= 0.3 is 0 Å². The fraction of sp³-hybridized carbons (Fsp3) is 0.364. The number of guanidine groups is 1. The second-order valence-electron chi connectivity index (χ2n) is 6.85. The average Bonchev–Trinajstić information content (AvgIpc) is 2.70. The van der Waals surface area contributed by atoms with Gasteiger partial charge in [-0.3, -0.25) is 9.79 Å². The van der Waals surface area contributed by atoms with Crippen LogP contribution in [0.3, 0.4) is 0 Å². The first-order valence-electron chi connectivity index (χ1n) is 9.52. The first-order valence-corrected chi connectivity index (χ1v) is 9.52. The molecule has 0 unspecified atom stereocenters.